The van der Waals surface area contributed by atoms with Gasteiger partial charge in [-0.3, -0.25) is 4.79 Å². The zero-order valence-corrected chi connectivity index (χ0v) is 17.5. The molecule has 1 saturated heterocycles. The van der Waals surface area contributed by atoms with Gasteiger partial charge < -0.3 is 26.2 Å². The summed E-state index contributed by atoms with van der Waals surface area (Å²) in [5.41, 5.74) is 6.03. The molecular formula is C20H30N8O. The van der Waals surface area contributed by atoms with Gasteiger partial charge in [-0.2, -0.15) is 0 Å². The second kappa shape index (κ2) is 9.15. The predicted molar refractivity (Wildman–Crippen MR) is 115 cm³/mol. The molecule has 0 aromatic carbocycles. The van der Waals surface area contributed by atoms with Crippen molar-refractivity contribution in [2.24, 2.45) is 5.73 Å². The minimum absolute atomic E-state index is 0.0335. The topological polar surface area (TPSA) is 112 Å². The Kier molecular flexibility index (Phi) is 6.60. The molecule has 2 atom stereocenters. The number of hydrogen-bond donors (Lipinski definition) is 3. The molecule has 4 N–H and O–H groups in total. The van der Waals surface area contributed by atoms with E-state index in [0.717, 1.165) is 25.3 Å². The van der Waals surface area contributed by atoms with Gasteiger partial charge in [-0.1, -0.05) is 13.8 Å². The lowest BCUT2D eigenvalue weighted by Crippen LogP contribution is -2.59. The molecule has 3 rings (SSSR count). The number of carbonyl (C=O) groups is 1. The molecule has 0 bridgehead atoms. The molecular weight excluding hydrogens is 368 g/mol. The van der Waals surface area contributed by atoms with E-state index < -0.39 is 5.91 Å². The van der Waals surface area contributed by atoms with Gasteiger partial charge in [0.1, 0.15) is 5.82 Å². The van der Waals surface area contributed by atoms with Crippen molar-refractivity contribution < 1.29 is 4.79 Å². The summed E-state index contributed by atoms with van der Waals surface area (Å²) < 4.78 is 0. The number of pyridine rings is 1. The fourth-order valence-corrected chi connectivity index (χ4v) is 3.65. The summed E-state index contributed by atoms with van der Waals surface area (Å²) in [5.74, 6) is 1.39. The molecule has 0 spiro atoms. The van der Waals surface area contributed by atoms with E-state index in [1.807, 2.05) is 36.0 Å². The van der Waals surface area contributed by atoms with Crippen LogP contribution in [0, 0.1) is 0 Å². The van der Waals surface area contributed by atoms with E-state index in [-0.39, 0.29) is 12.1 Å². The fraction of sp³-hybridized carbons (Fsp3) is 0.500. The van der Waals surface area contributed by atoms with Gasteiger partial charge in [-0.15, -0.1) is 10.2 Å². The highest BCUT2D eigenvalue weighted by Gasteiger charge is 2.34. The van der Waals surface area contributed by atoms with Crippen molar-refractivity contribution in [1.29, 1.82) is 0 Å². The summed E-state index contributed by atoms with van der Waals surface area (Å²) in [5, 5.41) is 15.9. The second-order valence-electron chi connectivity index (χ2n) is 7.74. The Morgan fingerprint density at radius 3 is 2.59 bits per heavy atom. The van der Waals surface area contributed by atoms with Crippen molar-refractivity contribution in [3.8, 4) is 0 Å². The van der Waals surface area contributed by atoms with Crippen LogP contribution in [0.2, 0.25) is 0 Å². The maximum Gasteiger partial charge on any atom is 0.252 e. The first-order valence-corrected chi connectivity index (χ1v) is 9.90. The van der Waals surface area contributed by atoms with Crippen molar-refractivity contribution in [3.05, 3.63) is 36.0 Å². The molecule has 0 saturated carbocycles. The van der Waals surface area contributed by atoms with Crippen molar-refractivity contribution in [2.75, 3.05) is 37.0 Å². The molecule has 1 fully saturated rings. The second-order valence-corrected chi connectivity index (χ2v) is 7.74. The Balaban J connectivity index is 2.10. The number of amides is 1. The van der Waals surface area contributed by atoms with Crippen LogP contribution in [0.1, 0.15) is 30.6 Å². The third kappa shape index (κ3) is 4.80. The zero-order chi connectivity index (χ0) is 21.0. The van der Waals surface area contributed by atoms with Crippen LogP contribution in [0.25, 0.3) is 0 Å². The van der Waals surface area contributed by atoms with Gasteiger partial charge in [0.25, 0.3) is 5.91 Å². The van der Waals surface area contributed by atoms with Gasteiger partial charge in [-0.25, -0.2) is 4.98 Å². The monoisotopic (exact) mass is 398 g/mol. The number of nitrogens with zero attached hydrogens (tertiary/aromatic N) is 5. The summed E-state index contributed by atoms with van der Waals surface area (Å²) in [6.45, 7) is 5.91. The van der Waals surface area contributed by atoms with Crippen LogP contribution >= 0.6 is 0 Å². The number of nitrogens with two attached hydrogens (primary N) is 1. The normalized spacial score (nSPS) is 19.2. The summed E-state index contributed by atoms with van der Waals surface area (Å²) in [7, 11) is 3.83. The Hall–Kier alpha value is -2.78. The third-order valence-corrected chi connectivity index (χ3v) is 4.95. The molecule has 1 amide bonds. The maximum atomic E-state index is 12.1. The first kappa shape index (κ1) is 20.9. The van der Waals surface area contributed by atoms with Gasteiger partial charge in [0, 0.05) is 38.9 Å². The molecule has 1 aliphatic rings. The van der Waals surface area contributed by atoms with E-state index in [1.54, 1.807) is 18.3 Å². The Morgan fingerprint density at radius 2 is 1.97 bits per heavy atom. The lowest BCUT2D eigenvalue weighted by atomic mass is 9.97. The number of anilines is 3. The van der Waals surface area contributed by atoms with E-state index in [2.05, 4.69) is 39.7 Å². The standard InChI is InChI=1S/C20H30N8O/c1-13(2)24-15-12-22-11-9-16(15)28(18-8-7-17(25-26-18)27(3)4)20-14(19(21)29)6-5-10-23-20/h5-8,10,13,15-16,22,24H,9,11-12H2,1-4H3,(H2,21,29). The quantitative estimate of drug-likeness (QED) is 0.631. The Morgan fingerprint density at radius 1 is 1.24 bits per heavy atom. The summed E-state index contributed by atoms with van der Waals surface area (Å²) in [6, 6.07) is 7.73. The SMILES string of the molecule is CC(C)NC1CNCCC1N(c1ccc(N(C)C)nn1)c1ncccc1C(N)=O. The highest BCUT2D eigenvalue weighted by Crippen LogP contribution is 2.31. The molecule has 156 valence electrons. The number of hydrogen-bond acceptors (Lipinski definition) is 8. The molecule has 2 aromatic rings. The Bertz CT molecular complexity index is 823. The van der Waals surface area contributed by atoms with Crippen LogP contribution in [0.15, 0.2) is 30.5 Å². The number of aromatic nitrogens is 3. The minimum atomic E-state index is -0.515. The summed E-state index contributed by atoms with van der Waals surface area (Å²) >= 11 is 0. The highest BCUT2D eigenvalue weighted by atomic mass is 16.1. The van der Waals surface area contributed by atoms with Crippen LogP contribution in [-0.2, 0) is 0 Å². The van der Waals surface area contributed by atoms with E-state index in [4.69, 9.17) is 5.73 Å². The average molecular weight is 399 g/mol. The van der Waals surface area contributed by atoms with Gasteiger partial charge in [0.05, 0.1) is 11.6 Å². The number of primary amides is 1. The number of rotatable bonds is 7. The van der Waals surface area contributed by atoms with Crippen LogP contribution in [-0.4, -0.2) is 66.4 Å². The molecule has 1 aliphatic heterocycles. The van der Waals surface area contributed by atoms with Gasteiger partial charge >= 0.3 is 0 Å². The Labute approximate surface area is 171 Å². The largest absolute Gasteiger partial charge is 0.365 e. The first-order chi connectivity index (χ1) is 13.9. The molecule has 29 heavy (non-hydrogen) atoms. The summed E-state index contributed by atoms with van der Waals surface area (Å²) in [6.07, 6.45) is 2.53. The van der Waals surface area contributed by atoms with E-state index in [9.17, 15) is 4.79 Å². The number of carbonyl (C=O) groups excluding carboxylic acids is 1. The maximum absolute atomic E-state index is 12.1. The van der Waals surface area contributed by atoms with Crippen LogP contribution in [0.3, 0.4) is 0 Å². The van der Waals surface area contributed by atoms with E-state index in [1.165, 1.54) is 0 Å². The first-order valence-electron chi connectivity index (χ1n) is 9.90. The average Bonchev–Trinajstić information content (AvgIpc) is 2.70. The third-order valence-electron chi connectivity index (χ3n) is 4.95. The van der Waals surface area contributed by atoms with Crippen LogP contribution < -0.4 is 26.2 Å². The molecule has 2 aromatic heterocycles. The number of nitrogens with one attached hydrogen (secondary N) is 2. The molecule has 0 aliphatic carbocycles. The van der Waals surface area contributed by atoms with Crippen molar-refractivity contribution in [1.82, 2.24) is 25.8 Å². The predicted octanol–water partition coefficient (Wildman–Crippen LogP) is 0.903. The van der Waals surface area contributed by atoms with Gasteiger partial charge in [-0.05, 0) is 37.2 Å². The van der Waals surface area contributed by atoms with Crippen molar-refractivity contribution in [2.45, 2.75) is 38.4 Å². The van der Waals surface area contributed by atoms with Crippen LogP contribution in [0.5, 0.6) is 0 Å². The van der Waals surface area contributed by atoms with Gasteiger partial charge in [0.2, 0.25) is 0 Å². The highest BCUT2D eigenvalue weighted by molar-refractivity contribution is 5.98. The van der Waals surface area contributed by atoms with Gasteiger partial charge in [0.15, 0.2) is 11.6 Å². The molecule has 9 heteroatoms. The lowest BCUT2D eigenvalue weighted by molar-refractivity contribution is 0.100. The fourth-order valence-electron chi connectivity index (χ4n) is 3.65. The smallest absolute Gasteiger partial charge is 0.252 e. The zero-order valence-electron chi connectivity index (χ0n) is 17.5. The molecule has 9 nitrogen and oxygen atoms in total. The van der Waals surface area contributed by atoms with Crippen LogP contribution in [0.4, 0.5) is 17.5 Å². The summed E-state index contributed by atoms with van der Waals surface area (Å²) in [4.78, 5) is 20.6. The number of piperidine rings is 1. The lowest BCUT2D eigenvalue weighted by Gasteiger charge is -2.41. The van der Waals surface area contributed by atoms with Crippen molar-refractivity contribution in [3.63, 3.8) is 0 Å². The molecule has 3 heterocycles. The molecule has 2 unspecified atom stereocenters. The van der Waals surface area contributed by atoms with E-state index in [0.29, 0.717) is 23.2 Å². The molecule has 0 radical (unpaired) electrons. The van der Waals surface area contributed by atoms with E-state index >= 15 is 0 Å². The van der Waals surface area contributed by atoms with Crippen molar-refractivity contribution >= 4 is 23.4 Å². The minimum Gasteiger partial charge on any atom is -0.365 e.